The molecule has 6 nitrogen and oxygen atoms in total. The number of amides is 1. The van der Waals surface area contributed by atoms with E-state index in [0.29, 0.717) is 36.6 Å². The van der Waals surface area contributed by atoms with Gasteiger partial charge in [-0.05, 0) is 35.5 Å². The highest BCUT2D eigenvalue weighted by atomic mass is 35.5. The third kappa shape index (κ3) is 9.46. The number of nitrogens with zero attached hydrogens (tertiary/aromatic N) is 3. The van der Waals surface area contributed by atoms with Crippen molar-refractivity contribution in [1.29, 1.82) is 0 Å². The maximum atomic E-state index is 13.6. The fraction of sp³-hybridized carbons (Fsp3) is 0.481. The quantitative estimate of drug-likeness (QED) is 0.394. The minimum Gasteiger partial charge on any atom is -0.337 e. The first-order valence-corrected chi connectivity index (χ1v) is 11.9. The van der Waals surface area contributed by atoms with Crippen LogP contribution in [0.2, 0.25) is 5.15 Å². The molecule has 0 unspecified atom stereocenters. The van der Waals surface area contributed by atoms with Crippen LogP contribution in [-0.4, -0.2) is 46.9 Å². The third-order valence-electron chi connectivity index (χ3n) is 4.63. The normalized spacial score (nSPS) is 13.8. The number of allylic oxidation sites excluding steroid dienone is 4. The maximum absolute atomic E-state index is 13.6. The second kappa shape index (κ2) is 16.7. The molecule has 0 spiro atoms. The standard InChI is InChI=1S/C18H15ClF3N3O.C4H10.C2H6.2CH2O.CH4/c1-10-7-24(8-10)17(26)14-15(19)25-9-12(11-4-2-3-5-11)6-13(16(25)23-14)18(20,21)22;1-4(2)3;3*1-2;/h2,4-6,9-10H,3,7-8H2,1H3;4H,1-3H3;1-2H3;2*1H2;1H4. The molecular formula is C27H39ClF3N3O3. The number of likely N-dealkylation sites (tertiary alicyclic amines) is 1. The van der Waals surface area contributed by atoms with Crippen LogP contribution in [0.15, 0.2) is 30.5 Å². The van der Waals surface area contributed by atoms with Gasteiger partial charge in [0.05, 0.1) is 5.56 Å². The molecule has 208 valence electrons. The van der Waals surface area contributed by atoms with Gasteiger partial charge < -0.3 is 14.5 Å². The van der Waals surface area contributed by atoms with Gasteiger partial charge >= 0.3 is 6.18 Å². The van der Waals surface area contributed by atoms with Crippen LogP contribution in [-0.2, 0) is 15.8 Å². The summed E-state index contributed by atoms with van der Waals surface area (Å²) in [6.07, 6.45) is 3.02. The lowest BCUT2D eigenvalue weighted by molar-refractivity contribution is -0.136. The van der Waals surface area contributed by atoms with Crippen LogP contribution < -0.4 is 0 Å². The number of carbonyl (C=O) groups excluding carboxylic acids is 3. The number of imidazole rings is 1. The van der Waals surface area contributed by atoms with E-state index >= 15 is 0 Å². The summed E-state index contributed by atoms with van der Waals surface area (Å²) >= 11 is 6.26. The fourth-order valence-electron chi connectivity index (χ4n) is 3.31. The monoisotopic (exact) mass is 545 g/mol. The summed E-state index contributed by atoms with van der Waals surface area (Å²) in [5, 5.41) is -0.0977. The van der Waals surface area contributed by atoms with Crippen LogP contribution in [0, 0.1) is 11.8 Å². The Morgan fingerprint density at radius 3 is 2.05 bits per heavy atom. The zero-order chi connectivity index (χ0) is 28.2. The van der Waals surface area contributed by atoms with Crippen molar-refractivity contribution in [3.63, 3.8) is 0 Å². The van der Waals surface area contributed by atoms with Crippen molar-refractivity contribution >= 4 is 42.3 Å². The maximum Gasteiger partial charge on any atom is 0.420 e. The average molecular weight is 546 g/mol. The Bertz CT molecular complexity index is 1050. The summed E-state index contributed by atoms with van der Waals surface area (Å²) in [6.45, 7) is 17.6. The molecule has 2 aromatic heterocycles. The first-order chi connectivity index (χ1) is 17.0. The number of hydrogen-bond donors (Lipinski definition) is 0. The number of halogens is 4. The molecule has 2 aliphatic rings. The highest BCUT2D eigenvalue weighted by molar-refractivity contribution is 6.33. The summed E-state index contributed by atoms with van der Waals surface area (Å²) in [5.41, 5.74) is -0.335. The lowest BCUT2D eigenvalue weighted by Gasteiger charge is -2.36. The van der Waals surface area contributed by atoms with E-state index < -0.39 is 17.6 Å². The summed E-state index contributed by atoms with van der Waals surface area (Å²) in [6, 6.07) is 1.06. The molecule has 3 heterocycles. The number of carbonyl (C=O) groups is 3. The highest BCUT2D eigenvalue weighted by Crippen LogP contribution is 2.37. The van der Waals surface area contributed by atoms with Gasteiger partial charge in [0.2, 0.25) is 0 Å². The zero-order valence-electron chi connectivity index (χ0n) is 21.7. The summed E-state index contributed by atoms with van der Waals surface area (Å²) in [4.78, 5) is 34.0. The van der Waals surface area contributed by atoms with E-state index in [-0.39, 0.29) is 23.9 Å². The first kappa shape index (κ1) is 36.2. The smallest absolute Gasteiger partial charge is 0.337 e. The highest BCUT2D eigenvalue weighted by Gasteiger charge is 2.37. The Morgan fingerprint density at radius 2 is 1.65 bits per heavy atom. The number of alkyl halides is 3. The fourth-order valence-corrected chi connectivity index (χ4v) is 3.56. The Labute approximate surface area is 223 Å². The molecule has 1 fully saturated rings. The van der Waals surface area contributed by atoms with E-state index in [0.717, 1.165) is 16.4 Å². The molecular weight excluding hydrogens is 507 g/mol. The van der Waals surface area contributed by atoms with Gasteiger partial charge in [0.1, 0.15) is 18.7 Å². The molecule has 0 aromatic carbocycles. The summed E-state index contributed by atoms with van der Waals surface area (Å²) in [7, 11) is 0. The zero-order valence-corrected chi connectivity index (χ0v) is 22.4. The van der Waals surface area contributed by atoms with Crippen molar-refractivity contribution in [2.24, 2.45) is 11.8 Å². The van der Waals surface area contributed by atoms with Crippen molar-refractivity contribution in [2.75, 3.05) is 13.1 Å². The van der Waals surface area contributed by atoms with E-state index in [4.69, 9.17) is 21.2 Å². The molecule has 1 saturated heterocycles. The molecule has 1 amide bonds. The summed E-state index contributed by atoms with van der Waals surface area (Å²) in [5.74, 6) is 0.764. The lowest BCUT2D eigenvalue weighted by atomic mass is 10.0. The van der Waals surface area contributed by atoms with Gasteiger partial charge in [-0.2, -0.15) is 13.2 Å². The second-order valence-corrected chi connectivity index (χ2v) is 8.79. The molecule has 0 N–H and O–H groups in total. The molecule has 0 atom stereocenters. The van der Waals surface area contributed by atoms with Crippen LogP contribution in [0.25, 0.3) is 11.2 Å². The van der Waals surface area contributed by atoms with E-state index in [1.165, 1.54) is 11.1 Å². The van der Waals surface area contributed by atoms with Crippen molar-refractivity contribution in [1.82, 2.24) is 14.3 Å². The number of hydrogen-bond acceptors (Lipinski definition) is 4. The van der Waals surface area contributed by atoms with Gasteiger partial charge in [0, 0.05) is 19.3 Å². The number of fused-ring (bicyclic) bond motifs is 1. The SMILES string of the molecule is C.C=O.C=O.CC.CC(C)C.CC1CN(C(=O)c2nc3c(C(F)(F)F)cc(C4=CCC=C4)cn3c2Cl)C1. The molecule has 0 radical (unpaired) electrons. The van der Waals surface area contributed by atoms with Crippen molar-refractivity contribution in [2.45, 2.75) is 61.6 Å². The average Bonchev–Trinajstić information content (AvgIpc) is 3.48. The number of pyridine rings is 1. The Morgan fingerprint density at radius 1 is 1.14 bits per heavy atom. The Kier molecular flexibility index (Phi) is 16.4. The molecule has 0 saturated carbocycles. The van der Waals surface area contributed by atoms with Crippen LogP contribution in [0.5, 0.6) is 0 Å². The largest absolute Gasteiger partial charge is 0.420 e. The third-order valence-corrected chi connectivity index (χ3v) is 4.99. The van der Waals surface area contributed by atoms with Crippen LogP contribution in [0.3, 0.4) is 0 Å². The lowest BCUT2D eigenvalue weighted by Crippen LogP contribution is -2.48. The van der Waals surface area contributed by atoms with Crippen molar-refractivity contribution in [3.8, 4) is 0 Å². The predicted octanol–water partition coefficient (Wildman–Crippen LogP) is 7.40. The van der Waals surface area contributed by atoms with Gasteiger partial charge in [0.15, 0.2) is 11.3 Å². The van der Waals surface area contributed by atoms with E-state index in [2.05, 4.69) is 25.8 Å². The Balaban J connectivity index is 0. The van der Waals surface area contributed by atoms with Crippen molar-refractivity contribution in [3.05, 3.63) is 52.5 Å². The molecule has 37 heavy (non-hydrogen) atoms. The minimum atomic E-state index is -4.61. The van der Waals surface area contributed by atoms with E-state index in [1.807, 2.05) is 46.5 Å². The van der Waals surface area contributed by atoms with E-state index in [9.17, 15) is 18.0 Å². The van der Waals surface area contributed by atoms with Gasteiger partial charge in [-0.15, -0.1) is 0 Å². The Hall–Kier alpha value is -2.94. The molecule has 2 aromatic rings. The molecule has 10 heteroatoms. The van der Waals surface area contributed by atoms with E-state index in [1.54, 1.807) is 6.08 Å². The van der Waals surface area contributed by atoms with Gasteiger partial charge in [0.25, 0.3) is 5.91 Å². The molecule has 1 aliphatic carbocycles. The topological polar surface area (TPSA) is 71.8 Å². The molecule has 4 rings (SSSR count). The van der Waals surface area contributed by atoms with Crippen molar-refractivity contribution < 1.29 is 27.6 Å². The number of aromatic nitrogens is 2. The van der Waals surface area contributed by atoms with Crippen LogP contribution in [0.4, 0.5) is 13.2 Å². The molecule has 1 aliphatic heterocycles. The molecule has 0 bridgehead atoms. The van der Waals surface area contributed by atoms with Crippen LogP contribution >= 0.6 is 11.6 Å². The first-order valence-electron chi connectivity index (χ1n) is 11.5. The van der Waals surface area contributed by atoms with Gasteiger partial charge in [-0.25, -0.2) is 4.98 Å². The predicted molar refractivity (Wildman–Crippen MR) is 145 cm³/mol. The summed E-state index contributed by atoms with van der Waals surface area (Å²) < 4.78 is 41.9. The van der Waals surface area contributed by atoms with Gasteiger partial charge in [-0.3, -0.25) is 9.20 Å². The van der Waals surface area contributed by atoms with Gasteiger partial charge in [-0.1, -0.05) is 78.8 Å². The van der Waals surface area contributed by atoms with Crippen LogP contribution in [0.1, 0.15) is 77.0 Å². The second-order valence-electron chi connectivity index (χ2n) is 8.43. The minimum absolute atomic E-state index is 0. The number of rotatable bonds is 2.